The highest BCUT2D eigenvalue weighted by molar-refractivity contribution is 7.97. The molecule has 31 heavy (non-hydrogen) atoms. The van der Waals surface area contributed by atoms with Crippen molar-refractivity contribution >= 4 is 32.8 Å². The van der Waals surface area contributed by atoms with Gasteiger partial charge in [0.25, 0.3) is 10.0 Å². The van der Waals surface area contributed by atoms with E-state index in [1.165, 1.54) is 21.8 Å². The average Bonchev–Trinajstić information content (AvgIpc) is 3.43. The first-order valence-electron chi connectivity index (χ1n) is 9.55. The summed E-state index contributed by atoms with van der Waals surface area (Å²) in [6.07, 6.45) is 1.29. The fourth-order valence-corrected chi connectivity index (χ4v) is 6.03. The third-order valence-electron chi connectivity index (χ3n) is 5.06. The summed E-state index contributed by atoms with van der Waals surface area (Å²) in [5.74, 6) is 0.826. The van der Waals surface area contributed by atoms with E-state index in [-0.39, 0.29) is 18.2 Å². The Bertz CT molecular complexity index is 1280. The van der Waals surface area contributed by atoms with Crippen LogP contribution in [0.1, 0.15) is 20.8 Å². The number of hydrogen-bond acceptors (Lipinski definition) is 7. The summed E-state index contributed by atoms with van der Waals surface area (Å²) in [5.41, 5.74) is 2.14. The van der Waals surface area contributed by atoms with E-state index in [0.717, 1.165) is 11.1 Å². The SMILES string of the molecule is O=C1/C(=C/NCc2ccc3c(c2)OCO3)S(=O)(=O)N(Cc2ccccc2)c2ccsc21. The monoisotopic (exact) mass is 454 g/mol. The van der Waals surface area contributed by atoms with E-state index in [4.69, 9.17) is 9.47 Å². The zero-order valence-corrected chi connectivity index (χ0v) is 17.9. The standard InChI is InChI=1S/C22H18N2O5S2/c25-21-20(12-23-11-16-6-7-18-19(10-16)29-14-28-18)31(26,27)24(17-8-9-30-22(17)21)13-15-4-2-1-3-5-15/h1-10,12,23H,11,13-14H2/b20-12-. The van der Waals surface area contributed by atoms with Gasteiger partial charge >= 0.3 is 0 Å². The molecular formula is C22H18N2O5S2. The quantitative estimate of drug-likeness (QED) is 0.593. The normalized spacial score (nSPS) is 17.6. The molecule has 158 valence electrons. The number of benzene rings is 2. The number of Topliss-reactive ketones (excluding diaryl/α,β-unsaturated/α-hetero) is 1. The Morgan fingerprint density at radius 3 is 2.68 bits per heavy atom. The molecule has 3 heterocycles. The van der Waals surface area contributed by atoms with Crippen molar-refractivity contribution in [3.63, 3.8) is 0 Å². The Kier molecular flexibility index (Phi) is 4.91. The summed E-state index contributed by atoms with van der Waals surface area (Å²) in [4.78, 5) is 13.1. The number of anilines is 1. The zero-order valence-electron chi connectivity index (χ0n) is 16.3. The summed E-state index contributed by atoms with van der Waals surface area (Å²) in [6.45, 7) is 0.669. The molecule has 0 unspecified atom stereocenters. The van der Waals surface area contributed by atoms with Crippen LogP contribution in [0.4, 0.5) is 5.69 Å². The second-order valence-corrected chi connectivity index (χ2v) is 9.79. The fraction of sp³-hybridized carbons (Fsp3) is 0.136. The van der Waals surface area contributed by atoms with E-state index >= 15 is 0 Å². The van der Waals surface area contributed by atoms with Crippen LogP contribution in [0.5, 0.6) is 11.5 Å². The van der Waals surface area contributed by atoms with Gasteiger partial charge in [0, 0.05) is 12.7 Å². The van der Waals surface area contributed by atoms with Gasteiger partial charge in [-0.3, -0.25) is 9.10 Å². The predicted octanol–water partition coefficient (Wildman–Crippen LogP) is 3.64. The van der Waals surface area contributed by atoms with Gasteiger partial charge in [-0.2, -0.15) is 0 Å². The second-order valence-electron chi connectivity index (χ2n) is 7.04. The van der Waals surface area contributed by atoms with E-state index in [1.807, 2.05) is 42.5 Å². The van der Waals surface area contributed by atoms with Crippen LogP contribution >= 0.6 is 11.3 Å². The molecule has 0 atom stereocenters. The molecule has 1 aromatic heterocycles. The lowest BCUT2D eigenvalue weighted by molar-refractivity contribution is 0.104. The number of hydrogen-bond donors (Lipinski definition) is 1. The second kappa shape index (κ2) is 7.75. The van der Waals surface area contributed by atoms with Crippen LogP contribution in [0.2, 0.25) is 0 Å². The van der Waals surface area contributed by atoms with Crippen LogP contribution in [0.3, 0.4) is 0 Å². The maximum Gasteiger partial charge on any atom is 0.270 e. The summed E-state index contributed by atoms with van der Waals surface area (Å²) in [7, 11) is -4.01. The number of fused-ring (bicyclic) bond motifs is 2. The summed E-state index contributed by atoms with van der Waals surface area (Å²) >= 11 is 1.24. The number of nitrogens with zero attached hydrogens (tertiary/aromatic N) is 1. The first-order valence-corrected chi connectivity index (χ1v) is 11.9. The summed E-state index contributed by atoms with van der Waals surface area (Å²) < 4.78 is 38.7. The molecule has 1 N–H and O–H groups in total. The molecule has 0 saturated heterocycles. The maximum atomic E-state index is 13.3. The average molecular weight is 455 g/mol. The number of rotatable bonds is 5. The van der Waals surface area contributed by atoms with E-state index < -0.39 is 15.8 Å². The van der Waals surface area contributed by atoms with Crippen molar-refractivity contribution in [2.24, 2.45) is 0 Å². The number of carbonyl (C=O) groups is 1. The van der Waals surface area contributed by atoms with Crippen LogP contribution in [-0.4, -0.2) is 21.0 Å². The predicted molar refractivity (Wildman–Crippen MR) is 118 cm³/mol. The molecule has 7 nitrogen and oxygen atoms in total. The fourth-order valence-electron chi connectivity index (χ4n) is 3.52. The highest BCUT2D eigenvalue weighted by Crippen LogP contribution is 2.39. The number of ether oxygens (including phenoxy) is 2. The highest BCUT2D eigenvalue weighted by Gasteiger charge is 2.41. The van der Waals surface area contributed by atoms with Gasteiger partial charge in [-0.05, 0) is 34.7 Å². The minimum atomic E-state index is -4.01. The molecule has 0 amide bonds. The molecule has 2 aliphatic rings. The first-order chi connectivity index (χ1) is 15.0. The van der Waals surface area contributed by atoms with Gasteiger partial charge in [-0.15, -0.1) is 11.3 Å². The first kappa shape index (κ1) is 19.7. The van der Waals surface area contributed by atoms with Crippen molar-refractivity contribution in [3.05, 3.63) is 87.1 Å². The Balaban J connectivity index is 1.43. The van der Waals surface area contributed by atoms with Gasteiger partial charge in [-0.1, -0.05) is 36.4 Å². The molecule has 2 aliphatic heterocycles. The topological polar surface area (TPSA) is 84.9 Å². The lowest BCUT2D eigenvalue weighted by atomic mass is 10.2. The van der Waals surface area contributed by atoms with Crippen molar-refractivity contribution in [3.8, 4) is 11.5 Å². The molecule has 2 aromatic carbocycles. The van der Waals surface area contributed by atoms with Gasteiger partial charge in [0.2, 0.25) is 12.6 Å². The molecular weight excluding hydrogens is 436 g/mol. The van der Waals surface area contributed by atoms with Crippen LogP contribution in [0.15, 0.2) is 71.1 Å². The molecule has 0 radical (unpaired) electrons. The molecule has 0 saturated carbocycles. The van der Waals surface area contributed by atoms with Gasteiger partial charge in [0.15, 0.2) is 16.4 Å². The molecule has 0 spiro atoms. The Morgan fingerprint density at radius 1 is 1.03 bits per heavy atom. The molecule has 0 bridgehead atoms. The van der Waals surface area contributed by atoms with Crippen molar-refractivity contribution in [1.29, 1.82) is 0 Å². The van der Waals surface area contributed by atoms with Gasteiger partial charge < -0.3 is 14.8 Å². The lowest BCUT2D eigenvalue weighted by Crippen LogP contribution is -2.38. The molecule has 0 aliphatic carbocycles. The Morgan fingerprint density at radius 2 is 1.84 bits per heavy atom. The van der Waals surface area contributed by atoms with E-state index in [1.54, 1.807) is 17.5 Å². The molecule has 3 aromatic rings. The third kappa shape index (κ3) is 3.55. The smallest absolute Gasteiger partial charge is 0.270 e. The lowest BCUT2D eigenvalue weighted by Gasteiger charge is -2.29. The van der Waals surface area contributed by atoms with E-state index in [9.17, 15) is 13.2 Å². The molecule has 9 heteroatoms. The van der Waals surface area contributed by atoms with E-state index in [0.29, 0.717) is 28.6 Å². The number of allylic oxidation sites excluding steroid dienone is 1. The molecule has 5 rings (SSSR count). The van der Waals surface area contributed by atoms with Crippen LogP contribution in [0, 0.1) is 0 Å². The largest absolute Gasteiger partial charge is 0.454 e. The van der Waals surface area contributed by atoms with Gasteiger partial charge in [-0.25, -0.2) is 8.42 Å². The van der Waals surface area contributed by atoms with Crippen molar-refractivity contribution in [2.75, 3.05) is 11.1 Å². The van der Waals surface area contributed by atoms with Crippen molar-refractivity contribution < 1.29 is 22.7 Å². The van der Waals surface area contributed by atoms with Crippen LogP contribution < -0.4 is 19.1 Å². The maximum absolute atomic E-state index is 13.3. The van der Waals surface area contributed by atoms with Crippen LogP contribution in [-0.2, 0) is 23.1 Å². The summed E-state index contributed by atoms with van der Waals surface area (Å²) in [6, 6.07) is 16.5. The van der Waals surface area contributed by atoms with Crippen LogP contribution in [0.25, 0.3) is 0 Å². The van der Waals surface area contributed by atoms with Crippen molar-refractivity contribution in [1.82, 2.24) is 5.32 Å². The highest BCUT2D eigenvalue weighted by atomic mass is 32.2. The number of nitrogens with one attached hydrogen (secondary N) is 1. The zero-order chi connectivity index (χ0) is 21.4. The number of ketones is 1. The van der Waals surface area contributed by atoms with Gasteiger partial charge in [0.1, 0.15) is 4.88 Å². The van der Waals surface area contributed by atoms with Gasteiger partial charge in [0.05, 0.1) is 12.2 Å². The number of sulfonamides is 1. The Labute approximate surface area is 183 Å². The Hall–Kier alpha value is -3.30. The minimum Gasteiger partial charge on any atom is -0.454 e. The van der Waals surface area contributed by atoms with Crippen molar-refractivity contribution in [2.45, 2.75) is 13.1 Å². The number of carbonyl (C=O) groups excluding carboxylic acids is 1. The van der Waals surface area contributed by atoms with E-state index in [2.05, 4.69) is 5.32 Å². The minimum absolute atomic E-state index is 0.152. The number of thiophene rings is 1. The summed E-state index contributed by atoms with van der Waals surface area (Å²) in [5, 5.41) is 4.71. The third-order valence-corrected chi connectivity index (χ3v) is 7.72. The molecule has 0 fully saturated rings.